The number of hydrogen-bond donors (Lipinski definition) is 0. The summed E-state index contributed by atoms with van der Waals surface area (Å²) in [6.45, 7) is 0. The molecule has 1 aromatic heterocycles. The SMILES string of the molecule is Cn1nbnc1CCl. The average Bonchev–Trinajstić information content (AvgIpc) is 2.14. The van der Waals surface area contributed by atoms with Gasteiger partial charge in [-0.1, -0.05) is 0 Å². The molecule has 0 saturated carbocycles. The van der Waals surface area contributed by atoms with Crippen molar-refractivity contribution in [2.24, 2.45) is 7.05 Å². The van der Waals surface area contributed by atoms with Crippen molar-refractivity contribution in [1.82, 2.24) is 14.6 Å². The quantitative estimate of drug-likeness (QED) is 0.496. The molecule has 0 fully saturated rings. The van der Waals surface area contributed by atoms with Gasteiger partial charge in [0.25, 0.3) is 0 Å². The van der Waals surface area contributed by atoms with Crippen LogP contribution in [0, 0.1) is 0 Å². The van der Waals surface area contributed by atoms with Crippen molar-refractivity contribution in [2.75, 3.05) is 0 Å². The Morgan fingerprint density at radius 3 is 2.88 bits per heavy atom. The molecule has 1 aromatic rings. The van der Waals surface area contributed by atoms with E-state index in [0.29, 0.717) is 5.88 Å². The third-order valence-electron chi connectivity index (χ3n) is 0.925. The van der Waals surface area contributed by atoms with Gasteiger partial charge in [-0.25, -0.2) is 0 Å². The summed E-state index contributed by atoms with van der Waals surface area (Å²) in [5.41, 5.74) is 0. The molecule has 0 radical (unpaired) electrons. The number of rotatable bonds is 1. The topological polar surface area (TPSA) is 30.7 Å². The molecule has 8 heavy (non-hydrogen) atoms. The Labute approximate surface area is 52.9 Å². The first-order valence-electron chi connectivity index (χ1n) is 2.23. The summed E-state index contributed by atoms with van der Waals surface area (Å²) in [7, 11) is 3.29. The number of halogens is 1. The van der Waals surface area contributed by atoms with Gasteiger partial charge in [0.15, 0.2) is 0 Å². The second-order valence-electron chi connectivity index (χ2n) is 1.43. The van der Waals surface area contributed by atoms with Gasteiger partial charge in [0.05, 0.1) is 0 Å². The summed E-state index contributed by atoms with van der Waals surface area (Å²) >= 11 is 5.45. The predicted molar refractivity (Wildman–Crippen MR) is 31.9 cm³/mol. The zero-order valence-electron chi connectivity index (χ0n) is 4.50. The zero-order chi connectivity index (χ0) is 5.98. The Bertz CT molecular complexity index is 175. The van der Waals surface area contributed by atoms with Crippen LogP contribution in [0.15, 0.2) is 0 Å². The molecule has 42 valence electrons. The molecule has 0 aliphatic carbocycles. The van der Waals surface area contributed by atoms with Gasteiger partial charge in [0.1, 0.15) is 0 Å². The minimum absolute atomic E-state index is 0.427. The van der Waals surface area contributed by atoms with Gasteiger partial charge < -0.3 is 0 Å². The second kappa shape index (κ2) is 2.26. The first-order valence-corrected chi connectivity index (χ1v) is 2.77. The summed E-state index contributed by atoms with van der Waals surface area (Å²) in [6, 6.07) is 0. The van der Waals surface area contributed by atoms with Gasteiger partial charge in [-0.05, 0) is 0 Å². The maximum absolute atomic E-state index is 5.45. The van der Waals surface area contributed by atoms with Crippen molar-refractivity contribution in [1.29, 1.82) is 0 Å². The maximum atomic E-state index is 5.45. The van der Waals surface area contributed by atoms with Crippen LogP contribution in [0.25, 0.3) is 0 Å². The van der Waals surface area contributed by atoms with Crippen molar-refractivity contribution < 1.29 is 0 Å². The zero-order valence-corrected chi connectivity index (χ0v) is 5.26. The molecule has 0 aliphatic heterocycles. The molecule has 0 spiro atoms. The number of hydrogen-bond acceptors (Lipinski definition) is 2. The van der Waals surface area contributed by atoms with Crippen LogP contribution in [0.2, 0.25) is 0 Å². The van der Waals surface area contributed by atoms with Crippen LogP contribution < -0.4 is 0 Å². The third-order valence-corrected chi connectivity index (χ3v) is 1.16. The molecule has 0 unspecified atom stereocenters. The van der Waals surface area contributed by atoms with Crippen LogP contribution in [0.4, 0.5) is 0 Å². The Balaban J connectivity index is 2.92. The van der Waals surface area contributed by atoms with Crippen LogP contribution >= 0.6 is 11.6 Å². The molecular formula is C3H5BClN3. The molecule has 0 atom stereocenters. The molecule has 0 saturated heterocycles. The fourth-order valence-corrected chi connectivity index (χ4v) is 0.683. The first kappa shape index (κ1) is 5.76. The first-order chi connectivity index (χ1) is 3.84. The normalized spacial score (nSPS) is 9.25. The number of aromatic nitrogens is 3. The van der Waals surface area contributed by atoms with Crippen molar-refractivity contribution >= 4 is 18.8 Å². The van der Waals surface area contributed by atoms with Crippen LogP contribution in [0.5, 0.6) is 0 Å². The predicted octanol–water partition coefficient (Wildman–Crippen LogP) is -0.108. The van der Waals surface area contributed by atoms with E-state index < -0.39 is 0 Å². The molecular weight excluding hydrogens is 124 g/mol. The molecule has 5 heteroatoms. The fourth-order valence-electron chi connectivity index (χ4n) is 0.441. The standard InChI is InChI=1S/C3H5BClN3/c1-8-3(2-5)6-4-7-8/h2H2,1H3. The van der Waals surface area contributed by atoms with E-state index in [2.05, 4.69) is 9.90 Å². The average molecular weight is 129 g/mol. The van der Waals surface area contributed by atoms with E-state index in [9.17, 15) is 0 Å². The van der Waals surface area contributed by atoms with Crippen molar-refractivity contribution in [3.63, 3.8) is 0 Å². The van der Waals surface area contributed by atoms with Gasteiger partial charge in [0.2, 0.25) is 0 Å². The van der Waals surface area contributed by atoms with E-state index in [1.165, 1.54) is 7.19 Å². The van der Waals surface area contributed by atoms with Gasteiger partial charge in [0, 0.05) is 0 Å². The van der Waals surface area contributed by atoms with Crippen LogP contribution in [-0.4, -0.2) is 21.8 Å². The van der Waals surface area contributed by atoms with Crippen molar-refractivity contribution in [3.8, 4) is 0 Å². The molecule has 0 amide bonds. The summed E-state index contributed by atoms with van der Waals surface area (Å²) in [5.74, 6) is 1.22. The molecule has 0 bridgehead atoms. The fraction of sp³-hybridized carbons (Fsp3) is 0.667. The molecule has 0 N–H and O–H groups in total. The number of alkyl halides is 1. The van der Waals surface area contributed by atoms with E-state index in [0.717, 1.165) is 5.82 Å². The molecule has 3 nitrogen and oxygen atoms in total. The summed E-state index contributed by atoms with van der Waals surface area (Å²) in [4.78, 5) is 3.85. The van der Waals surface area contributed by atoms with Crippen molar-refractivity contribution in [3.05, 3.63) is 5.82 Å². The minimum atomic E-state index is 0.427. The molecule has 1 heterocycles. The van der Waals surface area contributed by atoms with Gasteiger partial charge in [-0.3, -0.25) is 0 Å². The number of aryl methyl sites for hydroxylation is 1. The Hall–Kier alpha value is -0.375. The van der Waals surface area contributed by atoms with Crippen LogP contribution in [-0.2, 0) is 12.9 Å². The molecule has 1 rings (SSSR count). The van der Waals surface area contributed by atoms with Gasteiger partial charge >= 0.3 is 52.1 Å². The van der Waals surface area contributed by atoms with Gasteiger partial charge in [-0.2, -0.15) is 0 Å². The van der Waals surface area contributed by atoms with Gasteiger partial charge in [-0.15, -0.1) is 0 Å². The summed E-state index contributed by atoms with van der Waals surface area (Å²) < 4.78 is 1.65. The van der Waals surface area contributed by atoms with E-state index in [4.69, 9.17) is 11.6 Å². The molecule has 0 aliphatic rings. The van der Waals surface area contributed by atoms with E-state index in [1.54, 1.807) is 4.68 Å². The summed E-state index contributed by atoms with van der Waals surface area (Å²) in [6.07, 6.45) is 0. The van der Waals surface area contributed by atoms with E-state index in [1.807, 2.05) is 7.05 Å². The Kier molecular flexibility index (Phi) is 1.63. The van der Waals surface area contributed by atoms with Crippen LogP contribution in [0.1, 0.15) is 5.82 Å². The Morgan fingerprint density at radius 2 is 2.62 bits per heavy atom. The molecule has 0 aromatic carbocycles. The monoisotopic (exact) mass is 129 g/mol. The van der Waals surface area contributed by atoms with E-state index in [-0.39, 0.29) is 0 Å². The van der Waals surface area contributed by atoms with Crippen LogP contribution in [0.3, 0.4) is 0 Å². The van der Waals surface area contributed by atoms with E-state index >= 15 is 0 Å². The number of nitrogens with zero attached hydrogens (tertiary/aromatic N) is 3. The van der Waals surface area contributed by atoms with Crippen molar-refractivity contribution in [2.45, 2.75) is 5.88 Å². The second-order valence-corrected chi connectivity index (χ2v) is 1.70. The summed E-state index contributed by atoms with van der Waals surface area (Å²) in [5, 5.41) is 3.81. The third kappa shape index (κ3) is 0.890. The Morgan fingerprint density at radius 1 is 1.88 bits per heavy atom.